The maximum Gasteiger partial charge on any atom is 0.270 e. The summed E-state index contributed by atoms with van der Waals surface area (Å²) >= 11 is 7.61. The number of amides is 2. The third-order valence-corrected chi connectivity index (χ3v) is 6.43. The van der Waals surface area contributed by atoms with Crippen molar-refractivity contribution >= 4 is 63.5 Å². The Bertz CT molecular complexity index is 1290. The van der Waals surface area contributed by atoms with Gasteiger partial charge in [0.15, 0.2) is 5.11 Å². The van der Waals surface area contributed by atoms with Gasteiger partial charge in [0.05, 0.1) is 5.69 Å². The van der Waals surface area contributed by atoms with Crippen LogP contribution < -0.4 is 10.2 Å². The summed E-state index contributed by atoms with van der Waals surface area (Å²) in [5.41, 5.74) is 6.53. The van der Waals surface area contributed by atoms with E-state index >= 15 is 0 Å². The first-order valence-corrected chi connectivity index (χ1v) is 11.6. The van der Waals surface area contributed by atoms with Gasteiger partial charge in [-0.2, -0.15) is 0 Å². The van der Waals surface area contributed by atoms with E-state index in [1.807, 2.05) is 64.1 Å². The number of benzene rings is 2. The molecule has 2 amide bonds. The van der Waals surface area contributed by atoms with Crippen molar-refractivity contribution in [3.8, 4) is 5.69 Å². The molecular formula is C25H22IN3O2S. The Hall–Kier alpha value is -2.78. The summed E-state index contributed by atoms with van der Waals surface area (Å²) in [5.74, 6) is -0.914. The molecule has 1 saturated heterocycles. The van der Waals surface area contributed by atoms with Gasteiger partial charge < -0.3 is 4.57 Å². The number of rotatable bonds is 3. The number of nitrogens with one attached hydrogen (secondary N) is 1. The molecule has 0 spiro atoms. The first kappa shape index (κ1) is 22.4. The summed E-state index contributed by atoms with van der Waals surface area (Å²) in [6, 6.07) is 16.0. The topological polar surface area (TPSA) is 54.3 Å². The number of hydrogen-bond donors (Lipinski definition) is 1. The lowest BCUT2D eigenvalue weighted by Gasteiger charge is -2.29. The molecule has 7 heteroatoms. The first-order valence-electron chi connectivity index (χ1n) is 10.1. The van der Waals surface area contributed by atoms with Crippen LogP contribution in [0.25, 0.3) is 11.8 Å². The molecule has 1 aliphatic rings. The fourth-order valence-corrected chi connectivity index (χ4v) is 4.69. The van der Waals surface area contributed by atoms with E-state index in [2.05, 4.69) is 44.6 Å². The van der Waals surface area contributed by atoms with Gasteiger partial charge in [-0.15, -0.1) is 0 Å². The average molecular weight is 555 g/mol. The van der Waals surface area contributed by atoms with Crippen molar-refractivity contribution in [2.24, 2.45) is 0 Å². The molecule has 0 unspecified atom stereocenters. The summed E-state index contributed by atoms with van der Waals surface area (Å²) in [4.78, 5) is 27.5. The minimum atomic E-state index is -0.486. The van der Waals surface area contributed by atoms with Gasteiger partial charge >= 0.3 is 0 Å². The van der Waals surface area contributed by atoms with E-state index in [0.717, 1.165) is 37.3 Å². The van der Waals surface area contributed by atoms with Gasteiger partial charge in [-0.1, -0.05) is 6.07 Å². The first-order chi connectivity index (χ1) is 15.2. The van der Waals surface area contributed by atoms with Crippen molar-refractivity contribution in [3.05, 3.63) is 85.8 Å². The van der Waals surface area contributed by atoms with E-state index in [4.69, 9.17) is 12.2 Å². The van der Waals surface area contributed by atoms with Crippen LogP contribution in [0.3, 0.4) is 0 Å². The molecule has 1 N–H and O–H groups in total. The van der Waals surface area contributed by atoms with Crippen LogP contribution in [0.15, 0.2) is 54.1 Å². The molecule has 0 radical (unpaired) electrons. The molecule has 0 atom stereocenters. The molecule has 1 aromatic heterocycles. The third kappa shape index (κ3) is 4.14. The van der Waals surface area contributed by atoms with Gasteiger partial charge in [0.1, 0.15) is 5.57 Å². The van der Waals surface area contributed by atoms with Gasteiger partial charge in [-0.25, -0.2) is 0 Å². The quantitative estimate of drug-likeness (QED) is 0.211. The van der Waals surface area contributed by atoms with Crippen LogP contribution in [0, 0.1) is 31.3 Å². The lowest BCUT2D eigenvalue weighted by atomic mass is 10.1. The lowest BCUT2D eigenvalue weighted by Crippen LogP contribution is -2.54. The molecule has 32 heavy (non-hydrogen) atoms. The van der Waals surface area contributed by atoms with Crippen LogP contribution in [0.5, 0.6) is 0 Å². The zero-order valence-electron chi connectivity index (χ0n) is 18.2. The molecule has 1 aliphatic heterocycles. The van der Waals surface area contributed by atoms with Gasteiger partial charge in [-0.05, 0) is 128 Å². The van der Waals surface area contributed by atoms with Crippen molar-refractivity contribution in [3.63, 3.8) is 0 Å². The number of nitrogens with zero attached hydrogens (tertiary/aromatic N) is 2. The number of carbonyl (C=O) groups excluding carboxylic acids is 2. The maximum absolute atomic E-state index is 13.4. The van der Waals surface area contributed by atoms with Gasteiger partial charge in [0.25, 0.3) is 11.8 Å². The van der Waals surface area contributed by atoms with Crippen LogP contribution >= 0.6 is 34.8 Å². The van der Waals surface area contributed by atoms with Crippen LogP contribution in [-0.4, -0.2) is 21.5 Å². The molecule has 5 nitrogen and oxygen atoms in total. The molecule has 0 aliphatic carbocycles. The zero-order chi connectivity index (χ0) is 23.2. The largest absolute Gasteiger partial charge is 0.318 e. The van der Waals surface area contributed by atoms with Crippen molar-refractivity contribution in [2.75, 3.05) is 4.90 Å². The second-order valence-electron chi connectivity index (χ2n) is 7.94. The fourth-order valence-electron chi connectivity index (χ4n) is 4.05. The van der Waals surface area contributed by atoms with Crippen LogP contribution in [0.1, 0.15) is 28.1 Å². The summed E-state index contributed by atoms with van der Waals surface area (Å²) in [6.45, 7) is 7.91. The second-order valence-corrected chi connectivity index (χ2v) is 9.57. The summed E-state index contributed by atoms with van der Waals surface area (Å²) < 4.78 is 3.27. The van der Waals surface area contributed by atoms with Crippen LogP contribution in [0.4, 0.5) is 5.69 Å². The molecule has 3 aromatic rings. The summed E-state index contributed by atoms with van der Waals surface area (Å²) in [7, 11) is 0. The number of aryl methyl sites for hydroxylation is 3. The normalized spacial score (nSPS) is 15.5. The Morgan fingerprint density at radius 1 is 0.906 bits per heavy atom. The van der Waals surface area contributed by atoms with E-state index in [0.29, 0.717) is 5.69 Å². The Kier molecular flexibility index (Phi) is 6.05. The standard InChI is InChI=1S/C25H22IN3O2S/c1-14-9-15(2)11-21(10-14)29-24(31)22(23(30)27-25(29)32)13-18-12-16(3)28(17(18)4)20-7-5-19(26)6-8-20/h5-13H,1-4H3,(H,27,30,32)/b22-13+. The highest BCUT2D eigenvalue weighted by Gasteiger charge is 2.35. The molecule has 0 saturated carbocycles. The number of aromatic nitrogens is 1. The van der Waals surface area contributed by atoms with E-state index in [-0.39, 0.29) is 10.7 Å². The molecule has 2 heterocycles. The smallest absolute Gasteiger partial charge is 0.270 e. The second kappa shape index (κ2) is 8.63. The zero-order valence-corrected chi connectivity index (χ0v) is 21.2. The summed E-state index contributed by atoms with van der Waals surface area (Å²) in [5, 5.41) is 2.76. The van der Waals surface area contributed by atoms with E-state index in [1.165, 1.54) is 4.90 Å². The molecule has 4 rings (SSSR count). The Balaban J connectivity index is 1.77. The Morgan fingerprint density at radius 3 is 2.16 bits per heavy atom. The Labute approximate surface area is 206 Å². The van der Waals surface area contributed by atoms with Crippen molar-refractivity contribution in [1.82, 2.24) is 9.88 Å². The van der Waals surface area contributed by atoms with Gasteiger partial charge in [0, 0.05) is 20.6 Å². The monoisotopic (exact) mass is 555 g/mol. The van der Waals surface area contributed by atoms with E-state index < -0.39 is 11.8 Å². The van der Waals surface area contributed by atoms with E-state index in [1.54, 1.807) is 6.08 Å². The SMILES string of the molecule is Cc1cc(C)cc(N2C(=O)/C(=C/c3cc(C)n(-c4ccc(I)cc4)c3C)C(=O)NC2=S)c1. The average Bonchev–Trinajstić information content (AvgIpc) is 2.98. The van der Waals surface area contributed by atoms with Crippen LogP contribution in [-0.2, 0) is 9.59 Å². The number of anilines is 1. The number of thiocarbonyl (C=S) groups is 1. The number of carbonyl (C=O) groups is 2. The predicted molar refractivity (Wildman–Crippen MR) is 140 cm³/mol. The van der Waals surface area contributed by atoms with Crippen molar-refractivity contribution < 1.29 is 9.59 Å². The predicted octanol–water partition coefficient (Wildman–Crippen LogP) is 5.15. The number of hydrogen-bond acceptors (Lipinski definition) is 3. The highest BCUT2D eigenvalue weighted by molar-refractivity contribution is 14.1. The van der Waals surface area contributed by atoms with Gasteiger partial charge in [-0.3, -0.25) is 19.8 Å². The molecule has 2 aromatic carbocycles. The molecule has 0 bridgehead atoms. The lowest BCUT2D eigenvalue weighted by molar-refractivity contribution is -0.122. The third-order valence-electron chi connectivity index (χ3n) is 5.42. The minimum absolute atomic E-state index is 0.0561. The summed E-state index contributed by atoms with van der Waals surface area (Å²) in [6.07, 6.45) is 1.65. The minimum Gasteiger partial charge on any atom is -0.318 e. The van der Waals surface area contributed by atoms with Crippen molar-refractivity contribution in [2.45, 2.75) is 27.7 Å². The molecule has 1 fully saturated rings. The van der Waals surface area contributed by atoms with Crippen molar-refractivity contribution in [1.29, 1.82) is 0 Å². The van der Waals surface area contributed by atoms with Crippen LogP contribution in [0.2, 0.25) is 0 Å². The maximum atomic E-state index is 13.4. The molecule has 162 valence electrons. The number of halogens is 1. The van der Waals surface area contributed by atoms with E-state index in [9.17, 15) is 9.59 Å². The highest BCUT2D eigenvalue weighted by atomic mass is 127. The van der Waals surface area contributed by atoms with Gasteiger partial charge in [0.2, 0.25) is 0 Å². The Morgan fingerprint density at radius 2 is 1.53 bits per heavy atom. The molecular weight excluding hydrogens is 533 g/mol. The fraction of sp³-hybridized carbons (Fsp3) is 0.160. The highest BCUT2D eigenvalue weighted by Crippen LogP contribution is 2.27.